The number of hydrogen-bond donors (Lipinski definition) is 3. The number of fused-ring (bicyclic) bond motifs is 3. The first kappa shape index (κ1) is 23.6. The first-order valence-electron chi connectivity index (χ1n) is 11.2. The van der Waals surface area contributed by atoms with Crippen molar-refractivity contribution in [2.45, 2.75) is 44.9 Å². The molecule has 1 aromatic heterocycles. The van der Waals surface area contributed by atoms with E-state index in [4.69, 9.17) is 14.6 Å². The lowest BCUT2D eigenvalue weighted by molar-refractivity contribution is 0.0655. The molecule has 4 rings (SSSR count). The first-order valence-corrected chi connectivity index (χ1v) is 12.0. The number of amides is 1. The van der Waals surface area contributed by atoms with Crippen molar-refractivity contribution in [3.05, 3.63) is 63.8 Å². The Morgan fingerprint density at radius 1 is 1.24 bits per heavy atom. The van der Waals surface area contributed by atoms with E-state index in [0.29, 0.717) is 25.3 Å². The molecule has 0 saturated carbocycles. The van der Waals surface area contributed by atoms with Gasteiger partial charge in [0.2, 0.25) is 0 Å². The molecule has 3 N–H and O–H groups in total. The maximum atomic E-state index is 13.0. The monoisotopic (exact) mass is 516 g/mol. The van der Waals surface area contributed by atoms with Crippen molar-refractivity contribution in [2.24, 2.45) is 0 Å². The van der Waals surface area contributed by atoms with E-state index in [9.17, 15) is 9.90 Å². The van der Waals surface area contributed by atoms with Gasteiger partial charge in [0.05, 0.1) is 25.4 Å². The van der Waals surface area contributed by atoms with E-state index in [-0.39, 0.29) is 24.8 Å². The number of halogens is 1. The lowest BCUT2D eigenvalue weighted by Crippen LogP contribution is -2.41. The molecule has 1 unspecified atom stereocenters. The molecule has 7 nitrogen and oxygen atoms in total. The van der Waals surface area contributed by atoms with Crippen molar-refractivity contribution >= 4 is 32.9 Å². The van der Waals surface area contributed by atoms with Crippen LogP contribution >= 0.6 is 15.9 Å². The second-order valence-electron chi connectivity index (χ2n) is 8.53. The van der Waals surface area contributed by atoms with E-state index in [1.807, 2.05) is 50.2 Å². The fraction of sp³-hybridized carbons (Fsp3) is 0.400. The standard InChI is InChI=1S/C25H29BrN2O5/c1-15(2)33-25(31)28-11-9-20-21-13-17(26)5-8-22(21)27-23(20)24(28)16-3-6-19(7-4-16)32-12-10-18(30)14-29/h3-8,13,15,18,24,27,29-30H,9-12,14H2,1-2H3/t18-,24?/m0/s1. The fourth-order valence-corrected chi connectivity index (χ4v) is 4.58. The third-order valence-electron chi connectivity index (χ3n) is 5.79. The zero-order valence-electron chi connectivity index (χ0n) is 18.8. The second kappa shape index (κ2) is 10.2. The Kier molecular flexibility index (Phi) is 7.26. The van der Waals surface area contributed by atoms with Gasteiger partial charge < -0.3 is 24.7 Å². The van der Waals surface area contributed by atoms with Crippen LogP contribution in [0.2, 0.25) is 0 Å². The van der Waals surface area contributed by atoms with E-state index in [1.54, 1.807) is 4.90 Å². The molecule has 0 saturated heterocycles. The fourth-order valence-electron chi connectivity index (χ4n) is 4.22. The number of nitrogens with zero attached hydrogens (tertiary/aromatic N) is 1. The van der Waals surface area contributed by atoms with Crippen LogP contribution in [0.5, 0.6) is 5.75 Å². The molecule has 0 fully saturated rings. The van der Waals surface area contributed by atoms with Gasteiger partial charge in [0.25, 0.3) is 0 Å². The Labute approximate surface area is 201 Å². The van der Waals surface area contributed by atoms with Gasteiger partial charge in [-0.05, 0) is 61.7 Å². The number of ether oxygens (including phenoxy) is 2. The maximum Gasteiger partial charge on any atom is 0.410 e. The summed E-state index contributed by atoms with van der Waals surface area (Å²) < 4.78 is 12.3. The van der Waals surface area contributed by atoms with Crippen molar-refractivity contribution in [2.75, 3.05) is 19.8 Å². The molecule has 3 aromatic rings. The lowest BCUT2D eigenvalue weighted by atomic mass is 9.92. The predicted octanol–water partition coefficient (Wildman–Crippen LogP) is 4.55. The van der Waals surface area contributed by atoms with Crippen molar-refractivity contribution in [1.82, 2.24) is 9.88 Å². The smallest absolute Gasteiger partial charge is 0.410 e. The number of aromatic amines is 1. The van der Waals surface area contributed by atoms with E-state index >= 15 is 0 Å². The summed E-state index contributed by atoms with van der Waals surface area (Å²) in [5, 5.41) is 19.6. The minimum atomic E-state index is -0.785. The minimum absolute atomic E-state index is 0.205. The van der Waals surface area contributed by atoms with Crippen LogP contribution < -0.4 is 4.74 Å². The molecule has 33 heavy (non-hydrogen) atoms. The average Bonchev–Trinajstić information content (AvgIpc) is 3.16. The third-order valence-corrected chi connectivity index (χ3v) is 6.28. The molecule has 0 radical (unpaired) electrons. The van der Waals surface area contributed by atoms with Crippen molar-refractivity contribution < 1.29 is 24.5 Å². The summed E-state index contributed by atoms with van der Waals surface area (Å²) in [4.78, 5) is 18.3. The number of carbonyl (C=O) groups is 1. The Hall–Kier alpha value is -2.55. The van der Waals surface area contributed by atoms with Gasteiger partial charge in [-0.25, -0.2) is 4.79 Å². The van der Waals surface area contributed by atoms with Crippen LogP contribution in [-0.4, -0.2) is 58.2 Å². The second-order valence-corrected chi connectivity index (χ2v) is 9.44. The molecular weight excluding hydrogens is 488 g/mol. The average molecular weight is 517 g/mol. The molecule has 2 aromatic carbocycles. The summed E-state index contributed by atoms with van der Waals surface area (Å²) in [6, 6.07) is 13.5. The third kappa shape index (κ3) is 5.18. The molecule has 2 heterocycles. The van der Waals surface area contributed by atoms with Crippen LogP contribution in [0.3, 0.4) is 0 Å². The number of aromatic nitrogens is 1. The largest absolute Gasteiger partial charge is 0.493 e. The highest BCUT2D eigenvalue weighted by Gasteiger charge is 2.35. The highest BCUT2D eigenvalue weighted by molar-refractivity contribution is 9.10. The molecular formula is C25H29BrN2O5. The number of hydrogen-bond acceptors (Lipinski definition) is 5. The summed E-state index contributed by atoms with van der Waals surface area (Å²) in [5.74, 6) is 0.664. The van der Waals surface area contributed by atoms with E-state index in [0.717, 1.165) is 33.1 Å². The normalized spacial score (nSPS) is 16.7. The first-order chi connectivity index (χ1) is 15.9. The van der Waals surface area contributed by atoms with Crippen molar-refractivity contribution in [1.29, 1.82) is 0 Å². The summed E-state index contributed by atoms with van der Waals surface area (Å²) in [5.41, 5.74) is 4.19. The quantitative estimate of drug-likeness (QED) is 0.428. The molecule has 1 aliphatic heterocycles. The summed E-state index contributed by atoms with van der Waals surface area (Å²) >= 11 is 3.57. The zero-order chi connectivity index (χ0) is 23.5. The molecule has 0 aliphatic carbocycles. The summed E-state index contributed by atoms with van der Waals surface area (Å²) in [7, 11) is 0. The maximum absolute atomic E-state index is 13.0. The van der Waals surface area contributed by atoms with Crippen LogP contribution in [0.1, 0.15) is 43.1 Å². The number of aliphatic hydroxyl groups excluding tert-OH is 2. The van der Waals surface area contributed by atoms with Crippen molar-refractivity contribution in [3.8, 4) is 5.75 Å². The van der Waals surface area contributed by atoms with Crippen LogP contribution in [-0.2, 0) is 11.2 Å². The van der Waals surface area contributed by atoms with Crippen molar-refractivity contribution in [3.63, 3.8) is 0 Å². The number of rotatable bonds is 7. The van der Waals surface area contributed by atoms with Crippen LogP contribution in [0.4, 0.5) is 4.79 Å². The lowest BCUT2D eigenvalue weighted by Gasteiger charge is -2.36. The van der Waals surface area contributed by atoms with Gasteiger partial charge >= 0.3 is 6.09 Å². The van der Waals surface area contributed by atoms with Gasteiger partial charge in [-0.2, -0.15) is 0 Å². The predicted molar refractivity (Wildman–Crippen MR) is 130 cm³/mol. The topological polar surface area (TPSA) is 95.0 Å². The van der Waals surface area contributed by atoms with Gasteiger partial charge in [-0.1, -0.05) is 28.1 Å². The van der Waals surface area contributed by atoms with Gasteiger partial charge in [0.1, 0.15) is 11.8 Å². The van der Waals surface area contributed by atoms with Gasteiger partial charge in [0.15, 0.2) is 0 Å². The molecule has 0 spiro atoms. The van der Waals surface area contributed by atoms with E-state index < -0.39 is 6.10 Å². The Morgan fingerprint density at radius 2 is 2.00 bits per heavy atom. The van der Waals surface area contributed by atoms with Crippen LogP contribution in [0, 0.1) is 0 Å². The zero-order valence-corrected chi connectivity index (χ0v) is 20.3. The Morgan fingerprint density at radius 3 is 2.70 bits per heavy atom. The molecule has 1 amide bonds. The SMILES string of the molecule is CC(C)OC(=O)N1CCc2c([nH]c3ccc(Br)cc23)C1c1ccc(OCC[C@H](O)CO)cc1. The summed E-state index contributed by atoms with van der Waals surface area (Å²) in [6.45, 7) is 4.28. The van der Waals surface area contributed by atoms with Gasteiger partial charge in [-0.3, -0.25) is 4.90 Å². The van der Waals surface area contributed by atoms with E-state index in [1.165, 1.54) is 5.56 Å². The summed E-state index contributed by atoms with van der Waals surface area (Å²) in [6.07, 6.45) is -0.234. The van der Waals surface area contributed by atoms with Gasteiger partial charge in [-0.15, -0.1) is 0 Å². The Bertz CT molecular complexity index is 1110. The number of nitrogens with one attached hydrogen (secondary N) is 1. The van der Waals surface area contributed by atoms with Crippen LogP contribution in [0.25, 0.3) is 10.9 Å². The van der Waals surface area contributed by atoms with Gasteiger partial charge in [0, 0.05) is 34.0 Å². The molecule has 1 aliphatic rings. The Balaban J connectivity index is 1.66. The molecule has 0 bridgehead atoms. The number of H-pyrrole nitrogens is 1. The molecule has 8 heteroatoms. The minimum Gasteiger partial charge on any atom is -0.493 e. The van der Waals surface area contributed by atoms with Crippen LogP contribution in [0.15, 0.2) is 46.9 Å². The number of benzene rings is 2. The highest BCUT2D eigenvalue weighted by atomic mass is 79.9. The molecule has 2 atom stereocenters. The number of aliphatic hydroxyl groups is 2. The number of carbonyl (C=O) groups excluding carboxylic acids is 1. The molecule has 176 valence electrons. The highest BCUT2D eigenvalue weighted by Crippen LogP contribution is 2.39. The van der Waals surface area contributed by atoms with E-state index in [2.05, 4.69) is 27.0 Å².